The number of halogens is 1. The SMILES string of the molecule is N#Cc1ncn(CC(=O)N2Cc3ccc(-c4cccnc4Cl)cc3C2)n1. The Hall–Kier alpha value is -3.24. The number of nitrogens with zero attached hydrogens (tertiary/aromatic N) is 6. The molecule has 2 aromatic heterocycles. The molecule has 1 aliphatic heterocycles. The molecular weight excluding hydrogens is 352 g/mol. The van der Waals surface area contributed by atoms with Gasteiger partial charge >= 0.3 is 0 Å². The van der Waals surface area contributed by atoms with Crippen LogP contribution in [0, 0.1) is 11.3 Å². The van der Waals surface area contributed by atoms with Crippen LogP contribution in [-0.4, -0.2) is 30.6 Å². The third-order valence-electron chi connectivity index (χ3n) is 4.29. The maximum Gasteiger partial charge on any atom is 0.252 e. The molecule has 0 spiro atoms. The number of hydrogen-bond donors (Lipinski definition) is 0. The van der Waals surface area contributed by atoms with Crippen molar-refractivity contribution in [1.82, 2.24) is 24.6 Å². The monoisotopic (exact) mass is 364 g/mol. The minimum atomic E-state index is -0.0726. The first-order chi connectivity index (χ1) is 12.6. The summed E-state index contributed by atoms with van der Waals surface area (Å²) in [6.07, 6.45) is 3.05. The average Bonchev–Trinajstić information content (AvgIpc) is 3.28. The topological polar surface area (TPSA) is 87.7 Å². The second-order valence-corrected chi connectivity index (χ2v) is 6.31. The van der Waals surface area contributed by atoms with E-state index in [0.29, 0.717) is 18.2 Å². The fourth-order valence-electron chi connectivity index (χ4n) is 3.00. The molecule has 0 atom stereocenters. The molecule has 3 heterocycles. The standard InChI is InChI=1S/C18H13ClN6O/c19-18-15(2-1-5-21-18)12-3-4-13-8-24(9-14(13)6-12)17(26)10-25-11-22-16(7-20)23-25/h1-6,11H,8-10H2. The molecule has 26 heavy (non-hydrogen) atoms. The zero-order valence-corrected chi connectivity index (χ0v) is 14.4. The Kier molecular flexibility index (Phi) is 4.11. The lowest BCUT2D eigenvalue weighted by Gasteiger charge is -2.14. The van der Waals surface area contributed by atoms with Crippen molar-refractivity contribution in [3.63, 3.8) is 0 Å². The van der Waals surface area contributed by atoms with Crippen molar-refractivity contribution in [2.24, 2.45) is 0 Å². The Labute approximate surface area is 154 Å². The second-order valence-electron chi connectivity index (χ2n) is 5.95. The summed E-state index contributed by atoms with van der Waals surface area (Å²) in [4.78, 5) is 22.2. The number of amides is 1. The number of nitriles is 1. The highest BCUT2D eigenvalue weighted by Gasteiger charge is 2.24. The Morgan fingerprint density at radius 3 is 2.85 bits per heavy atom. The number of carbonyl (C=O) groups is 1. The number of fused-ring (bicyclic) bond motifs is 1. The molecule has 3 aromatic rings. The number of rotatable bonds is 3. The van der Waals surface area contributed by atoms with Crippen molar-refractivity contribution in [3.05, 3.63) is 65.0 Å². The van der Waals surface area contributed by atoms with E-state index in [4.69, 9.17) is 16.9 Å². The summed E-state index contributed by atoms with van der Waals surface area (Å²) in [5.74, 6) is -0.0166. The van der Waals surface area contributed by atoms with Crippen LogP contribution in [0.4, 0.5) is 0 Å². The van der Waals surface area contributed by atoms with Crippen LogP contribution < -0.4 is 0 Å². The maximum atomic E-state index is 12.5. The highest BCUT2D eigenvalue weighted by molar-refractivity contribution is 6.32. The molecule has 1 aromatic carbocycles. The van der Waals surface area contributed by atoms with E-state index in [1.807, 2.05) is 30.3 Å². The number of benzene rings is 1. The van der Waals surface area contributed by atoms with Gasteiger partial charge < -0.3 is 4.90 Å². The molecular formula is C18H13ClN6O. The maximum absolute atomic E-state index is 12.5. The van der Waals surface area contributed by atoms with E-state index in [1.165, 1.54) is 11.0 Å². The summed E-state index contributed by atoms with van der Waals surface area (Å²) < 4.78 is 1.38. The molecule has 1 aliphatic rings. The molecule has 0 N–H and O–H groups in total. The van der Waals surface area contributed by atoms with Crippen LogP contribution in [0.15, 0.2) is 42.9 Å². The van der Waals surface area contributed by atoms with Gasteiger partial charge in [0.05, 0.1) is 0 Å². The lowest BCUT2D eigenvalue weighted by molar-refractivity contribution is -0.132. The first-order valence-electron chi connectivity index (χ1n) is 7.94. The molecule has 8 heteroatoms. The molecule has 0 radical (unpaired) electrons. The quantitative estimate of drug-likeness (QED) is 0.666. The molecule has 0 unspecified atom stereocenters. The van der Waals surface area contributed by atoms with Gasteiger partial charge in [-0.05, 0) is 34.9 Å². The van der Waals surface area contributed by atoms with Gasteiger partial charge in [0, 0.05) is 24.8 Å². The lowest BCUT2D eigenvalue weighted by Crippen LogP contribution is -2.29. The summed E-state index contributed by atoms with van der Waals surface area (Å²) in [6, 6.07) is 11.7. The van der Waals surface area contributed by atoms with E-state index >= 15 is 0 Å². The van der Waals surface area contributed by atoms with E-state index in [2.05, 4.69) is 21.1 Å². The molecule has 0 saturated carbocycles. The lowest BCUT2D eigenvalue weighted by atomic mass is 10.0. The molecule has 0 aliphatic carbocycles. The normalized spacial score (nSPS) is 12.7. The van der Waals surface area contributed by atoms with Crippen molar-refractivity contribution < 1.29 is 4.79 Å². The molecule has 0 fully saturated rings. The fourth-order valence-corrected chi connectivity index (χ4v) is 3.23. The molecule has 0 bridgehead atoms. The van der Waals surface area contributed by atoms with Crippen LogP contribution in [0.3, 0.4) is 0 Å². The highest BCUT2D eigenvalue weighted by Crippen LogP contribution is 2.31. The van der Waals surface area contributed by atoms with E-state index in [-0.39, 0.29) is 18.3 Å². The predicted octanol–water partition coefficient (Wildman–Crippen LogP) is 2.41. The first-order valence-corrected chi connectivity index (χ1v) is 8.32. The zero-order chi connectivity index (χ0) is 18.1. The summed E-state index contributed by atoms with van der Waals surface area (Å²) in [5.41, 5.74) is 4.05. The third kappa shape index (κ3) is 3.03. The van der Waals surface area contributed by atoms with Crippen molar-refractivity contribution in [2.75, 3.05) is 0 Å². The Bertz CT molecular complexity index is 1040. The summed E-state index contributed by atoms with van der Waals surface area (Å²) in [7, 11) is 0. The van der Waals surface area contributed by atoms with E-state index in [1.54, 1.807) is 11.1 Å². The van der Waals surface area contributed by atoms with Gasteiger partial charge in [-0.15, -0.1) is 5.10 Å². The fraction of sp³-hybridized carbons (Fsp3) is 0.167. The van der Waals surface area contributed by atoms with Crippen LogP contribution in [-0.2, 0) is 24.4 Å². The Balaban J connectivity index is 1.51. The summed E-state index contributed by atoms with van der Waals surface area (Å²) in [6.45, 7) is 1.14. The van der Waals surface area contributed by atoms with E-state index in [0.717, 1.165) is 22.3 Å². The summed E-state index contributed by atoms with van der Waals surface area (Å²) in [5, 5.41) is 13.1. The van der Waals surface area contributed by atoms with Crippen LogP contribution in [0.25, 0.3) is 11.1 Å². The second kappa shape index (κ2) is 6.58. The van der Waals surface area contributed by atoms with Gasteiger partial charge in [0.15, 0.2) is 0 Å². The van der Waals surface area contributed by atoms with Crippen LogP contribution in [0.1, 0.15) is 17.0 Å². The smallest absolute Gasteiger partial charge is 0.252 e. The Morgan fingerprint density at radius 1 is 1.23 bits per heavy atom. The Morgan fingerprint density at radius 2 is 2.08 bits per heavy atom. The number of hydrogen-bond acceptors (Lipinski definition) is 5. The largest absolute Gasteiger partial charge is 0.332 e. The molecule has 0 saturated heterocycles. The van der Waals surface area contributed by atoms with E-state index < -0.39 is 0 Å². The number of pyridine rings is 1. The average molecular weight is 365 g/mol. The minimum Gasteiger partial charge on any atom is -0.332 e. The van der Waals surface area contributed by atoms with Gasteiger partial charge in [-0.3, -0.25) is 4.79 Å². The van der Waals surface area contributed by atoms with Crippen molar-refractivity contribution in [2.45, 2.75) is 19.6 Å². The van der Waals surface area contributed by atoms with E-state index in [9.17, 15) is 4.79 Å². The minimum absolute atomic E-state index is 0.0560. The van der Waals surface area contributed by atoms with Gasteiger partial charge in [-0.2, -0.15) is 5.26 Å². The van der Waals surface area contributed by atoms with Gasteiger partial charge in [0.25, 0.3) is 5.82 Å². The van der Waals surface area contributed by atoms with Crippen LogP contribution in [0.2, 0.25) is 5.15 Å². The number of carbonyl (C=O) groups excluding carboxylic acids is 1. The van der Waals surface area contributed by atoms with Crippen LogP contribution in [0.5, 0.6) is 0 Å². The van der Waals surface area contributed by atoms with Crippen molar-refractivity contribution >= 4 is 17.5 Å². The van der Waals surface area contributed by atoms with Gasteiger partial charge in [-0.25, -0.2) is 14.6 Å². The first kappa shape index (κ1) is 16.2. The van der Waals surface area contributed by atoms with Gasteiger partial charge in [0.1, 0.15) is 24.1 Å². The molecule has 7 nitrogen and oxygen atoms in total. The number of aromatic nitrogens is 4. The molecule has 128 valence electrons. The van der Waals surface area contributed by atoms with Gasteiger partial charge in [0.2, 0.25) is 5.91 Å². The predicted molar refractivity (Wildman–Crippen MR) is 93.7 cm³/mol. The van der Waals surface area contributed by atoms with Gasteiger partial charge in [-0.1, -0.05) is 23.7 Å². The molecule has 1 amide bonds. The third-order valence-corrected chi connectivity index (χ3v) is 4.59. The molecule has 4 rings (SSSR count). The highest BCUT2D eigenvalue weighted by atomic mass is 35.5. The van der Waals surface area contributed by atoms with Crippen molar-refractivity contribution in [3.8, 4) is 17.2 Å². The zero-order valence-electron chi connectivity index (χ0n) is 13.6. The van der Waals surface area contributed by atoms with Crippen molar-refractivity contribution in [1.29, 1.82) is 5.26 Å². The summed E-state index contributed by atoms with van der Waals surface area (Å²) >= 11 is 6.18. The van der Waals surface area contributed by atoms with Crippen LogP contribution >= 0.6 is 11.6 Å².